The molecule has 21 heavy (non-hydrogen) atoms. The Kier molecular flexibility index (Phi) is 4.52. The lowest BCUT2D eigenvalue weighted by Crippen LogP contribution is -2.47. The van der Waals surface area contributed by atoms with Crippen molar-refractivity contribution in [2.45, 2.75) is 24.9 Å². The molecule has 114 valence electrons. The van der Waals surface area contributed by atoms with Crippen molar-refractivity contribution in [1.29, 1.82) is 0 Å². The summed E-state index contributed by atoms with van der Waals surface area (Å²) in [6.07, 6.45) is 4.41. The zero-order valence-electron chi connectivity index (χ0n) is 11.8. The molecular weight excluding hydrogens is 272 g/mol. The molecular formula is C14H20N4O3. The van der Waals surface area contributed by atoms with Crippen molar-refractivity contribution in [3.63, 3.8) is 0 Å². The molecule has 3 heterocycles. The highest BCUT2D eigenvalue weighted by molar-refractivity contribution is 5.71. The van der Waals surface area contributed by atoms with Crippen molar-refractivity contribution in [1.82, 2.24) is 15.6 Å². The monoisotopic (exact) mass is 292 g/mol. The lowest BCUT2D eigenvalue weighted by Gasteiger charge is -2.29. The van der Waals surface area contributed by atoms with Gasteiger partial charge in [-0.15, -0.1) is 0 Å². The zero-order chi connectivity index (χ0) is 14.5. The highest BCUT2D eigenvalue weighted by atomic mass is 16.5. The topological polar surface area (TPSA) is 84.5 Å². The second kappa shape index (κ2) is 6.73. The van der Waals surface area contributed by atoms with Crippen molar-refractivity contribution in [2.75, 3.05) is 31.6 Å². The van der Waals surface area contributed by atoms with Crippen molar-refractivity contribution in [3.05, 3.63) is 12.3 Å². The van der Waals surface area contributed by atoms with Gasteiger partial charge in [0.1, 0.15) is 13.2 Å². The zero-order valence-corrected chi connectivity index (χ0v) is 11.8. The molecule has 0 spiro atoms. The summed E-state index contributed by atoms with van der Waals surface area (Å²) < 4.78 is 11.5. The molecule has 7 nitrogen and oxygen atoms in total. The van der Waals surface area contributed by atoms with Crippen LogP contribution in [-0.4, -0.2) is 49.8 Å². The van der Waals surface area contributed by atoms with Crippen LogP contribution in [0.1, 0.15) is 12.8 Å². The Balaban J connectivity index is 1.63. The van der Waals surface area contributed by atoms with E-state index in [1.165, 1.54) is 0 Å². The van der Waals surface area contributed by atoms with Gasteiger partial charge in [-0.2, -0.15) is 0 Å². The molecule has 0 aromatic carbocycles. The van der Waals surface area contributed by atoms with Gasteiger partial charge in [0.2, 0.25) is 6.41 Å². The summed E-state index contributed by atoms with van der Waals surface area (Å²) in [5, 5.41) is 9.12. The molecule has 1 aromatic rings. The number of anilines is 1. The number of nitrogens with zero attached hydrogens (tertiary/aromatic N) is 1. The van der Waals surface area contributed by atoms with Crippen LogP contribution in [0.3, 0.4) is 0 Å². The van der Waals surface area contributed by atoms with E-state index in [2.05, 4.69) is 20.9 Å². The van der Waals surface area contributed by atoms with Gasteiger partial charge in [-0.1, -0.05) is 0 Å². The fourth-order valence-corrected chi connectivity index (χ4v) is 2.14. The van der Waals surface area contributed by atoms with E-state index in [-0.39, 0.29) is 0 Å². The van der Waals surface area contributed by atoms with Gasteiger partial charge in [-0.25, -0.2) is 4.98 Å². The summed E-state index contributed by atoms with van der Waals surface area (Å²) in [7, 11) is 0. The van der Waals surface area contributed by atoms with E-state index in [1.54, 1.807) is 12.3 Å². The van der Waals surface area contributed by atoms with Crippen molar-refractivity contribution < 1.29 is 14.3 Å². The van der Waals surface area contributed by atoms with Gasteiger partial charge in [0.15, 0.2) is 5.75 Å². The predicted octanol–water partition coefficient (Wildman–Crippen LogP) is 0.131. The van der Waals surface area contributed by atoms with Crippen LogP contribution in [-0.2, 0) is 4.79 Å². The Morgan fingerprint density at radius 3 is 2.48 bits per heavy atom. The molecule has 1 aromatic heterocycles. The Labute approximate surface area is 123 Å². The number of hydrogen-bond donors (Lipinski definition) is 3. The van der Waals surface area contributed by atoms with Crippen molar-refractivity contribution in [3.8, 4) is 11.6 Å². The van der Waals surface area contributed by atoms with E-state index >= 15 is 0 Å². The normalized spacial score (nSPS) is 23.6. The minimum atomic E-state index is 0.383. The molecule has 2 aliphatic heterocycles. The van der Waals surface area contributed by atoms with Gasteiger partial charge in [0.05, 0.1) is 11.9 Å². The molecule has 3 rings (SSSR count). The molecule has 0 unspecified atom stereocenters. The maximum atomic E-state index is 10.5. The standard InChI is InChI=1S/C14H20N4O3/c19-9-18-12-5-13(20-7-10-1-3-15-10)14(17-6-12)21-8-11-2-4-16-11/h5-6,9-11,15-16H,1-4,7-8H2,(H,18,19)/t10-,11-/m0/s1. The fourth-order valence-electron chi connectivity index (χ4n) is 2.14. The van der Waals surface area contributed by atoms with Crippen LogP contribution in [0.15, 0.2) is 12.3 Å². The van der Waals surface area contributed by atoms with Crippen molar-refractivity contribution >= 4 is 12.1 Å². The summed E-state index contributed by atoms with van der Waals surface area (Å²) in [4.78, 5) is 14.8. The molecule has 2 saturated heterocycles. The molecule has 2 fully saturated rings. The van der Waals surface area contributed by atoms with E-state index in [0.29, 0.717) is 49.0 Å². The first-order valence-corrected chi connectivity index (χ1v) is 7.28. The van der Waals surface area contributed by atoms with Gasteiger partial charge in [-0.05, 0) is 25.9 Å². The van der Waals surface area contributed by atoms with E-state index in [4.69, 9.17) is 9.47 Å². The molecule has 0 radical (unpaired) electrons. The molecule has 2 aliphatic rings. The minimum Gasteiger partial charge on any atom is -0.486 e. The average Bonchev–Trinajstić information content (AvgIpc) is 2.37. The first-order valence-electron chi connectivity index (χ1n) is 7.28. The van der Waals surface area contributed by atoms with Gasteiger partial charge in [0.25, 0.3) is 5.88 Å². The van der Waals surface area contributed by atoms with Crippen LogP contribution in [0.2, 0.25) is 0 Å². The number of nitrogens with one attached hydrogen (secondary N) is 3. The second-order valence-corrected chi connectivity index (χ2v) is 5.29. The van der Waals surface area contributed by atoms with E-state index in [0.717, 1.165) is 25.9 Å². The van der Waals surface area contributed by atoms with Gasteiger partial charge >= 0.3 is 0 Å². The highest BCUT2D eigenvalue weighted by Gasteiger charge is 2.20. The molecule has 0 saturated carbocycles. The molecule has 3 N–H and O–H groups in total. The quantitative estimate of drug-likeness (QED) is 0.591. The fraction of sp³-hybridized carbons (Fsp3) is 0.571. The first kappa shape index (κ1) is 14.1. The van der Waals surface area contributed by atoms with Gasteiger partial charge in [-0.3, -0.25) is 4.79 Å². The SMILES string of the molecule is O=CNc1cnc(OC[C@@H]2CCN2)c(OC[C@@H]2CCN2)c1. The van der Waals surface area contributed by atoms with Gasteiger partial charge < -0.3 is 25.4 Å². The number of pyridine rings is 1. The molecule has 7 heteroatoms. The Morgan fingerprint density at radius 2 is 1.90 bits per heavy atom. The van der Waals surface area contributed by atoms with Crippen molar-refractivity contribution in [2.24, 2.45) is 0 Å². The minimum absolute atomic E-state index is 0.383. The van der Waals surface area contributed by atoms with Crippen LogP contribution >= 0.6 is 0 Å². The van der Waals surface area contributed by atoms with E-state index in [9.17, 15) is 4.79 Å². The summed E-state index contributed by atoms with van der Waals surface area (Å²) in [5.41, 5.74) is 0.593. The summed E-state index contributed by atoms with van der Waals surface area (Å²) in [6.45, 7) is 3.23. The smallest absolute Gasteiger partial charge is 0.257 e. The number of rotatable bonds is 8. The van der Waals surface area contributed by atoms with E-state index < -0.39 is 0 Å². The van der Waals surface area contributed by atoms with Crippen LogP contribution < -0.4 is 25.4 Å². The Hall–Kier alpha value is -1.86. The van der Waals surface area contributed by atoms with E-state index in [1.807, 2.05) is 0 Å². The van der Waals surface area contributed by atoms with Crippen LogP contribution in [0, 0.1) is 0 Å². The maximum absolute atomic E-state index is 10.5. The lowest BCUT2D eigenvalue weighted by atomic mass is 10.1. The lowest BCUT2D eigenvalue weighted by molar-refractivity contribution is -0.105. The number of carbonyl (C=O) groups is 1. The average molecular weight is 292 g/mol. The van der Waals surface area contributed by atoms with Crippen LogP contribution in [0.5, 0.6) is 11.6 Å². The Bertz CT molecular complexity index is 489. The molecule has 0 aliphatic carbocycles. The number of hydrogen-bond acceptors (Lipinski definition) is 6. The molecule has 2 atom stereocenters. The van der Waals surface area contributed by atoms with Crippen LogP contribution in [0.4, 0.5) is 5.69 Å². The third-order valence-corrected chi connectivity index (χ3v) is 3.76. The molecule has 1 amide bonds. The number of ether oxygens (including phenoxy) is 2. The summed E-state index contributed by atoms with van der Waals surface area (Å²) in [6, 6.07) is 2.51. The molecule has 0 bridgehead atoms. The second-order valence-electron chi connectivity index (χ2n) is 5.29. The van der Waals surface area contributed by atoms with Crippen LogP contribution in [0.25, 0.3) is 0 Å². The first-order chi connectivity index (χ1) is 10.3. The highest BCUT2D eigenvalue weighted by Crippen LogP contribution is 2.28. The third-order valence-electron chi connectivity index (χ3n) is 3.76. The number of aromatic nitrogens is 1. The number of carbonyl (C=O) groups excluding carboxylic acids is 1. The maximum Gasteiger partial charge on any atom is 0.257 e. The largest absolute Gasteiger partial charge is 0.486 e. The predicted molar refractivity (Wildman–Crippen MR) is 77.7 cm³/mol. The van der Waals surface area contributed by atoms with Gasteiger partial charge in [0, 0.05) is 18.2 Å². The summed E-state index contributed by atoms with van der Waals surface area (Å²) in [5.74, 6) is 1.04. The Morgan fingerprint density at radius 1 is 1.24 bits per heavy atom. The summed E-state index contributed by atoms with van der Waals surface area (Å²) >= 11 is 0. The number of amides is 1. The third kappa shape index (κ3) is 3.62.